The van der Waals surface area contributed by atoms with Crippen LogP contribution in [0.5, 0.6) is 0 Å². The van der Waals surface area contributed by atoms with Crippen LogP contribution in [-0.2, 0) is 11.2 Å². The number of aryl methyl sites for hydroxylation is 1. The lowest BCUT2D eigenvalue weighted by atomic mass is 9.92. The maximum absolute atomic E-state index is 13.2. The molecule has 0 aliphatic carbocycles. The van der Waals surface area contributed by atoms with Crippen LogP contribution in [0.2, 0.25) is 0 Å². The Kier molecular flexibility index (Phi) is 5.23. The molecule has 1 aliphatic rings. The summed E-state index contributed by atoms with van der Waals surface area (Å²) in [6.45, 7) is 4.18. The number of carbonyl (C=O) groups is 1. The molecule has 3 aromatic rings. The monoisotopic (exact) mass is 395 g/mol. The van der Waals surface area contributed by atoms with Gasteiger partial charge in [0.1, 0.15) is 12.0 Å². The highest BCUT2D eigenvalue weighted by atomic mass is 32.1. The van der Waals surface area contributed by atoms with Gasteiger partial charge in [-0.1, -0.05) is 30.8 Å². The summed E-state index contributed by atoms with van der Waals surface area (Å²) >= 11 is 1.57. The van der Waals surface area contributed by atoms with Crippen LogP contribution in [0.4, 0.5) is 11.6 Å². The number of rotatable bonds is 6. The number of fused-ring (bicyclic) bond motifs is 1. The Morgan fingerprint density at radius 1 is 1.29 bits per heavy atom. The summed E-state index contributed by atoms with van der Waals surface area (Å²) in [7, 11) is 0. The predicted octanol–water partition coefficient (Wildman–Crippen LogP) is 3.05. The third-order valence-corrected chi connectivity index (χ3v) is 5.56. The highest BCUT2D eigenvalue weighted by molar-refractivity contribution is 7.10. The van der Waals surface area contributed by atoms with Gasteiger partial charge >= 0.3 is 0 Å². The van der Waals surface area contributed by atoms with Gasteiger partial charge in [-0.15, -0.1) is 11.3 Å². The van der Waals surface area contributed by atoms with Gasteiger partial charge in [-0.25, -0.2) is 4.68 Å². The van der Waals surface area contributed by atoms with Crippen molar-refractivity contribution in [3.05, 3.63) is 70.8 Å². The Morgan fingerprint density at radius 3 is 2.82 bits per heavy atom. The van der Waals surface area contributed by atoms with E-state index < -0.39 is 5.92 Å². The van der Waals surface area contributed by atoms with E-state index in [1.54, 1.807) is 16.0 Å². The van der Waals surface area contributed by atoms with Crippen molar-refractivity contribution >= 4 is 28.9 Å². The van der Waals surface area contributed by atoms with E-state index in [2.05, 4.69) is 27.3 Å². The van der Waals surface area contributed by atoms with Crippen molar-refractivity contribution in [2.45, 2.75) is 18.9 Å². The second-order valence-corrected chi connectivity index (χ2v) is 7.55. The number of nitrogens with zero attached hydrogens (tertiary/aromatic N) is 3. The summed E-state index contributed by atoms with van der Waals surface area (Å²) in [6.07, 6.45) is 1.16. The molecule has 1 aliphatic heterocycles. The van der Waals surface area contributed by atoms with Crippen molar-refractivity contribution in [2.75, 3.05) is 17.2 Å². The van der Waals surface area contributed by atoms with Gasteiger partial charge < -0.3 is 15.7 Å². The zero-order chi connectivity index (χ0) is 19.5. The average Bonchev–Trinajstić information content (AvgIpc) is 3.35. The quantitative estimate of drug-likeness (QED) is 0.597. The standard InChI is InChI=1S/C20H21N5O2S/c1-13-17(19(27)22-14-7-3-2-4-8-14)18(15-9-6-12-28-15)25-20(21-13)23-16(24-25)10-5-11-26/h2-4,6-9,12,17-18,26H,1,5,10-11H2,(H,22,27)(H,21,23,24)/t17-,18+/m0/s1. The fourth-order valence-electron chi connectivity index (χ4n) is 3.33. The molecule has 0 radical (unpaired) electrons. The number of nitrogens with one attached hydrogen (secondary N) is 2. The van der Waals surface area contributed by atoms with Crippen LogP contribution < -0.4 is 10.6 Å². The lowest BCUT2D eigenvalue weighted by Gasteiger charge is -2.32. The van der Waals surface area contributed by atoms with E-state index >= 15 is 0 Å². The van der Waals surface area contributed by atoms with Crippen LogP contribution in [0, 0.1) is 5.92 Å². The lowest BCUT2D eigenvalue weighted by Crippen LogP contribution is -2.39. The van der Waals surface area contributed by atoms with Crippen molar-refractivity contribution in [3.63, 3.8) is 0 Å². The number of hydrogen-bond donors (Lipinski definition) is 3. The van der Waals surface area contributed by atoms with Gasteiger partial charge in [0.2, 0.25) is 11.9 Å². The largest absolute Gasteiger partial charge is 0.396 e. The number of hydrogen-bond acceptors (Lipinski definition) is 6. The molecule has 2 aromatic heterocycles. The Labute approximate surface area is 166 Å². The molecule has 0 bridgehead atoms. The SMILES string of the molecule is C=C1Nc2nc(CCCO)nn2[C@H](c2cccs2)[C@H]1C(=O)Nc1ccccc1. The van der Waals surface area contributed by atoms with Gasteiger partial charge in [-0.2, -0.15) is 10.1 Å². The van der Waals surface area contributed by atoms with Crippen LogP contribution in [0.1, 0.15) is 23.2 Å². The van der Waals surface area contributed by atoms with E-state index in [9.17, 15) is 4.79 Å². The van der Waals surface area contributed by atoms with E-state index in [4.69, 9.17) is 5.11 Å². The molecule has 8 heteroatoms. The van der Waals surface area contributed by atoms with Gasteiger partial charge in [0.15, 0.2) is 5.82 Å². The Bertz CT molecular complexity index is 968. The molecule has 1 amide bonds. The molecule has 0 spiro atoms. The molecule has 0 unspecified atom stereocenters. The molecule has 28 heavy (non-hydrogen) atoms. The maximum atomic E-state index is 13.2. The number of aromatic nitrogens is 3. The molecule has 3 N–H and O–H groups in total. The first kappa shape index (κ1) is 18.4. The minimum Gasteiger partial charge on any atom is -0.396 e. The summed E-state index contributed by atoms with van der Waals surface area (Å²) in [4.78, 5) is 18.7. The second kappa shape index (κ2) is 7.95. The second-order valence-electron chi connectivity index (χ2n) is 6.57. The Balaban J connectivity index is 1.70. The number of aliphatic hydroxyl groups excluding tert-OH is 1. The number of thiophene rings is 1. The highest BCUT2D eigenvalue weighted by Gasteiger charge is 2.40. The summed E-state index contributed by atoms with van der Waals surface area (Å²) in [5.41, 5.74) is 1.32. The number of para-hydroxylation sites is 1. The third kappa shape index (κ3) is 3.56. The summed E-state index contributed by atoms with van der Waals surface area (Å²) in [6, 6.07) is 13.0. The first-order valence-electron chi connectivity index (χ1n) is 9.09. The normalized spacial score (nSPS) is 18.4. The fraction of sp³-hybridized carbons (Fsp3) is 0.250. The van der Waals surface area contributed by atoms with Gasteiger partial charge in [0.25, 0.3) is 0 Å². The van der Waals surface area contributed by atoms with E-state index in [0.29, 0.717) is 30.3 Å². The minimum absolute atomic E-state index is 0.0838. The lowest BCUT2D eigenvalue weighted by molar-refractivity contribution is -0.119. The molecule has 2 atom stereocenters. The molecule has 4 rings (SSSR count). The maximum Gasteiger partial charge on any atom is 0.235 e. The van der Waals surface area contributed by atoms with Crippen LogP contribution >= 0.6 is 11.3 Å². The number of amides is 1. The summed E-state index contributed by atoms with van der Waals surface area (Å²) < 4.78 is 1.77. The summed E-state index contributed by atoms with van der Waals surface area (Å²) in [5.74, 6) is 0.508. The van der Waals surface area contributed by atoms with Gasteiger partial charge in [0.05, 0.1) is 0 Å². The Hall–Kier alpha value is -2.97. The topological polar surface area (TPSA) is 92.1 Å². The van der Waals surface area contributed by atoms with Crippen LogP contribution in [0.3, 0.4) is 0 Å². The number of carbonyl (C=O) groups excluding carboxylic acids is 1. The summed E-state index contributed by atoms with van der Waals surface area (Å²) in [5, 5.41) is 21.8. The number of anilines is 2. The van der Waals surface area contributed by atoms with Gasteiger partial charge in [0, 0.05) is 29.3 Å². The van der Waals surface area contributed by atoms with E-state index in [-0.39, 0.29) is 18.6 Å². The van der Waals surface area contributed by atoms with Gasteiger partial charge in [-0.05, 0) is 30.0 Å². The highest BCUT2D eigenvalue weighted by Crippen LogP contribution is 2.39. The molecule has 144 valence electrons. The Morgan fingerprint density at radius 2 is 2.11 bits per heavy atom. The zero-order valence-electron chi connectivity index (χ0n) is 15.2. The van der Waals surface area contributed by atoms with Crippen molar-refractivity contribution < 1.29 is 9.90 Å². The van der Waals surface area contributed by atoms with Crippen molar-refractivity contribution in [3.8, 4) is 0 Å². The molecule has 0 saturated heterocycles. The van der Waals surface area contributed by atoms with Gasteiger partial charge in [-0.3, -0.25) is 4.79 Å². The van der Waals surface area contributed by atoms with E-state index in [1.165, 1.54) is 0 Å². The number of aliphatic hydroxyl groups is 1. The van der Waals surface area contributed by atoms with Crippen LogP contribution in [-0.4, -0.2) is 32.4 Å². The van der Waals surface area contributed by atoms with Crippen LogP contribution in [0.15, 0.2) is 60.1 Å². The third-order valence-electron chi connectivity index (χ3n) is 4.62. The number of benzene rings is 1. The van der Waals surface area contributed by atoms with Crippen molar-refractivity contribution in [1.82, 2.24) is 14.8 Å². The average molecular weight is 395 g/mol. The molecule has 7 nitrogen and oxygen atoms in total. The van der Waals surface area contributed by atoms with Crippen molar-refractivity contribution in [2.24, 2.45) is 5.92 Å². The zero-order valence-corrected chi connectivity index (χ0v) is 16.0. The van der Waals surface area contributed by atoms with E-state index in [0.717, 1.165) is 10.6 Å². The molecule has 3 heterocycles. The first-order valence-corrected chi connectivity index (χ1v) is 9.96. The molecule has 1 aromatic carbocycles. The predicted molar refractivity (Wildman–Crippen MR) is 109 cm³/mol. The molecular weight excluding hydrogens is 374 g/mol. The van der Waals surface area contributed by atoms with Crippen molar-refractivity contribution in [1.29, 1.82) is 0 Å². The molecular formula is C20H21N5O2S. The fourth-order valence-corrected chi connectivity index (χ4v) is 4.18. The first-order chi connectivity index (χ1) is 13.7. The smallest absolute Gasteiger partial charge is 0.235 e. The minimum atomic E-state index is -0.543. The van der Waals surface area contributed by atoms with E-state index in [1.807, 2.05) is 47.8 Å². The van der Waals surface area contributed by atoms with Crippen LogP contribution in [0.25, 0.3) is 0 Å². The molecule has 0 fully saturated rings. The molecule has 0 saturated carbocycles.